The van der Waals surface area contributed by atoms with Gasteiger partial charge in [-0.2, -0.15) is 0 Å². The smallest absolute Gasteiger partial charge is 0.462 e. The van der Waals surface area contributed by atoms with Crippen molar-refractivity contribution < 1.29 is 37.6 Å². The van der Waals surface area contributed by atoms with Crippen LogP contribution in [0.1, 0.15) is 232 Å². The zero-order chi connectivity index (χ0) is 57.3. The van der Waals surface area contributed by atoms with Gasteiger partial charge in [0, 0.05) is 19.4 Å². The van der Waals surface area contributed by atoms with Crippen molar-refractivity contribution in [2.45, 2.75) is 238 Å². The van der Waals surface area contributed by atoms with E-state index in [0.717, 1.165) is 116 Å². The molecule has 2 atom stereocenters. The summed E-state index contributed by atoms with van der Waals surface area (Å²) in [6.45, 7) is 3.55. The van der Waals surface area contributed by atoms with Gasteiger partial charge in [-0.15, -0.1) is 0 Å². The number of esters is 2. The Morgan fingerprint density at radius 1 is 0.392 bits per heavy atom. The minimum Gasteiger partial charge on any atom is -0.462 e. The van der Waals surface area contributed by atoms with Crippen LogP contribution in [0.5, 0.6) is 0 Å². The predicted octanol–water partition coefficient (Wildman–Crippen LogP) is 20.1. The summed E-state index contributed by atoms with van der Waals surface area (Å²) in [4.78, 5) is 35.2. The second-order valence-electron chi connectivity index (χ2n) is 19.8. The van der Waals surface area contributed by atoms with Crippen LogP contribution in [0.15, 0.2) is 158 Å². The molecule has 0 aliphatic heterocycles. The number of carbonyl (C=O) groups is 2. The lowest BCUT2D eigenvalue weighted by atomic mass is 10.1. The van der Waals surface area contributed by atoms with Crippen molar-refractivity contribution in [1.82, 2.24) is 0 Å². The molecule has 0 saturated carbocycles. The number of ether oxygens (including phenoxy) is 2. The van der Waals surface area contributed by atoms with E-state index in [1.165, 1.54) is 77.0 Å². The number of hydrogen-bond donors (Lipinski definition) is 2. The van der Waals surface area contributed by atoms with E-state index >= 15 is 0 Å². The molecule has 0 heterocycles. The SMILES string of the molecule is CC/C=C\C/C=C\C/C=C\C/C=C\C/C=C\C/C=C\C/C=C\C/C=C\C/C=C\C/C=C\CCCCC(=O)OC(COC(=O)CCCCCCCCCCCC/C=C\C/C=C\C/C=C\CCCCCCC)COP(=O)(O)OCCN. The van der Waals surface area contributed by atoms with Crippen molar-refractivity contribution in [2.24, 2.45) is 5.73 Å². The molecular formula is C69H112NO8P. The lowest BCUT2D eigenvalue weighted by Crippen LogP contribution is -2.29. The maximum absolute atomic E-state index is 12.7. The van der Waals surface area contributed by atoms with E-state index in [-0.39, 0.29) is 32.6 Å². The molecule has 446 valence electrons. The summed E-state index contributed by atoms with van der Waals surface area (Å²) in [5.41, 5.74) is 5.38. The van der Waals surface area contributed by atoms with Crippen molar-refractivity contribution in [1.29, 1.82) is 0 Å². The Hall–Kier alpha value is -4.37. The largest absolute Gasteiger partial charge is 0.472 e. The predicted molar refractivity (Wildman–Crippen MR) is 339 cm³/mol. The first-order chi connectivity index (χ1) is 38.8. The minimum atomic E-state index is -4.42. The number of carbonyl (C=O) groups excluding carboxylic acids is 2. The minimum absolute atomic E-state index is 0.0366. The van der Waals surface area contributed by atoms with Gasteiger partial charge >= 0.3 is 19.8 Å². The van der Waals surface area contributed by atoms with E-state index in [1.807, 2.05) is 0 Å². The first kappa shape index (κ1) is 74.6. The molecular weight excluding hydrogens is 1000 g/mol. The molecule has 0 radical (unpaired) electrons. The van der Waals surface area contributed by atoms with Gasteiger partial charge in [0.15, 0.2) is 6.10 Å². The fraction of sp³-hybridized carbons (Fsp3) is 0.594. The molecule has 0 aliphatic carbocycles. The fourth-order valence-corrected chi connectivity index (χ4v) is 8.61. The Morgan fingerprint density at radius 3 is 1.06 bits per heavy atom. The molecule has 0 aromatic heterocycles. The number of phosphoric ester groups is 1. The summed E-state index contributed by atoms with van der Waals surface area (Å²) in [7, 11) is -4.42. The maximum Gasteiger partial charge on any atom is 0.472 e. The zero-order valence-electron chi connectivity index (χ0n) is 49.8. The molecule has 79 heavy (non-hydrogen) atoms. The second kappa shape index (κ2) is 62.8. The van der Waals surface area contributed by atoms with Gasteiger partial charge in [0.1, 0.15) is 6.61 Å². The second-order valence-corrected chi connectivity index (χ2v) is 21.3. The van der Waals surface area contributed by atoms with Crippen LogP contribution in [0.4, 0.5) is 0 Å². The molecule has 9 nitrogen and oxygen atoms in total. The van der Waals surface area contributed by atoms with Gasteiger partial charge in [-0.25, -0.2) is 4.57 Å². The van der Waals surface area contributed by atoms with Crippen LogP contribution < -0.4 is 5.73 Å². The number of phosphoric acid groups is 1. The van der Waals surface area contributed by atoms with Crippen molar-refractivity contribution in [2.75, 3.05) is 26.4 Å². The number of allylic oxidation sites excluding steroid dienone is 26. The Bertz CT molecular complexity index is 1850. The summed E-state index contributed by atoms with van der Waals surface area (Å²) in [5, 5.41) is 0. The number of hydrogen-bond acceptors (Lipinski definition) is 8. The third-order valence-electron chi connectivity index (χ3n) is 12.4. The Kier molecular flexibility index (Phi) is 59.3. The molecule has 10 heteroatoms. The Balaban J connectivity index is 4.12. The number of rotatable bonds is 56. The highest BCUT2D eigenvalue weighted by atomic mass is 31.2. The average Bonchev–Trinajstić information content (AvgIpc) is 3.44. The molecule has 0 rings (SSSR count). The number of unbranched alkanes of at least 4 members (excludes halogenated alkanes) is 17. The molecule has 0 fully saturated rings. The lowest BCUT2D eigenvalue weighted by molar-refractivity contribution is -0.161. The quantitative estimate of drug-likeness (QED) is 0.0264. The number of nitrogens with two attached hydrogens (primary N) is 1. The molecule has 0 aliphatic rings. The summed E-state index contributed by atoms with van der Waals surface area (Å²) >= 11 is 0. The van der Waals surface area contributed by atoms with Crippen LogP contribution in [-0.2, 0) is 32.7 Å². The van der Waals surface area contributed by atoms with Gasteiger partial charge in [0.2, 0.25) is 0 Å². The van der Waals surface area contributed by atoms with Crippen LogP contribution in [0.2, 0.25) is 0 Å². The van der Waals surface area contributed by atoms with Crippen LogP contribution >= 0.6 is 7.82 Å². The van der Waals surface area contributed by atoms with Gasteiger partial charge in [-0.3, -0.25) is 18.6 Å². The molecule has 0 aromatic rings. The maximum atomic E-state index is 12.7. The summed E-state index contributed by atoms with van der Waals surface area (Å²) in [5.74, 6) is -0.894. The van der Waals surface area contributed by atoms with E-state index in [9.17, 15) is 19.0 Å². The highest BCUT2D eigenvalue weighted by Gasteiger charge is 2.26. The highest BCUT2D eigenvalue weighted by Crippen LogP contribution is 2.43. The monoisotopic (exact) mass is 1110 g/mol. The third kappa shape index (κ3) is 62.7. The normalized spacial score (nSPS) is 14.1. The molecule has 0 amide bonds. The van der Waals surface area contributed by atoms with Crippen molar-refractivity contribution >= 4 is 19.8 Å². The average molecular weight is 1110 g/mol. The van der Waals surface area contributed by atoms with Crippen molar-refractivity contribution in [3.05, 3.63) is 158 Å². The molecule has 2 unspecified atom stereocenters. The Morgan fingerprint density at radius 2 is 0.696 bits per heavy atom. The van der Waals surface area contributed by atoms with E-state index in [0.29, 0.717) is 12.8 Å². The van der Waals surface area contributed by atoms with Crippen LogP contribution in [-0.4, -0.2) is 49.3 Å². The van der Waals surface area contributed by atoms with E-state index in [4.69, 9.17) is 24.3 Å². The standard InChI is InChI=1S/C69H112NO8P/c1-3-5-7-9-11-13-15-17-19-21-23-25-27-29-30-31-32-33-34-35-36-38-40-42-44-46-48-50-52-54-56-58-60-62-69(72)78-67(66-77-79(73,74)76-64-63-70)65-75-68(71)61-59-57-55-53-51-49-47-45-43-41-39-37-28-26-24-22-20-18-16-14-12-10-8-6-4-2/h5,7,11,13,16-19,22-25,28-30,32-33,35-37,40,42,46,48,52,54,67H,3-4,6,8-10,12,14-15,20-21,26-27,31,34,38-39,41,43-45,47,49-51,53,55-66,70H2,1-2H3,(H,73,74)/b7-5-,13-11-,18-16-,19-17-,24-22-,25-23-,30-29-,33-32-,36-35-,37-28-,42-40-,48-46-,54-52-. The third-order valence-corrected chi connectivity index (χ3v) is 13.4. The van der Waals surface area contributed by atoms with E-state index in [1.54, 1.807) is 0 Å². The van der Waals surface area contributed by atoms with Crippen molar-refractivity contribution in [3.63, 3.8) is 0 Å². The van der Waals surface area contributed by atoms with Crippen LogP contribution in [0.3, 0.4) is 0 Å². The Labute approximate surface area is 483 Å². The first-order valence-corrected chi connectivity index (χ1v) is 32.5. The first-order valence-electron chi connectivity index (χ1n) is 31.0. The molecule has 0 spiro atoms. The van der Waals surface area contributed by atoms with Gasteiger partial charge < -0.3 is 20.1 Å². The molecule has 3 N–H and O–H groups in total. The van der Waals surface area contributed by atoms with Gasteiger partial charge in [0.25, 0.3) is 0 Å². The fourth-order valence-electron chi connectivity index (χ4n) is 7.85. The van der Waals surface area contributed by atoms with Crippen LogP contribution in [0.25, 0.3) is 0 Å². The van der Waals surface area contributed by atoms with E-state index < -0.39 is 32.5 Å². The molecule has 0 aromatic carbocycles. The summed E-state index contributed by atoms with van der Waals surface area (Å²) < 4.78 is 33.0. The molecule has 0 bridgehead atoms. The highest BCUT2D eigenvalue weighted by molar-refractivity contribution is 7.47. The lowest BCUT2D eigenvalue weighted by Gasteiger charge is -2.19. The van der Waals surface area contributed by atoms with E-state index in [2.05, 4.69) is 172 Å². The van der Waals surface area contributed by atoms with Crippen LogP contribution in [0, 0.1) is 0 Å². The summed E-state index contributed by atoms with van der Waals surface area (Å²) in [6, 6.07) is 0. The topological polar surface area (TPSA) is 134 Å². The molecule has 0 saturated heterocycles. The zero-order valence-corrected chi connectivity index (χ0v) is 50.7. The van der Waals surface area contributed by atoms with Gasteiger partial charge in [-0.05, 0) is 128 Å². The van der Waals surface area contributed by atoms with Gasteiger partial charge in [-0.1, -0.05) is 249 Å². The summed E-state index contributed by atoms with van der Waals surface area (Å²) in [6.07, 6.45) is 91.6. The van der Waals surface area contributed by atoms with Gasteiger partial charge in [0.05, 0.1) is 13.2 Å². The van der Waals surface area contributed by atoms with Crippen molar-refractivity contribution in [3.8, 4) is 0 Å².